The summed E-state index contributed by atoms with van der Waals surface area (Å²) in [7, 11) is 0. The molecule has 0 spiro atoms. The minimum absolute atomic E-state index is 0.421. The number of carbonyl (C=O) groups is 1. The largest absolute Gasteiger partial charge is 0.548 e. The van der Waals surface area contributed by atoms with Gasteiger partial charge in [0.25, 0.3) is 0 Å². The Morgan fingerprint density at radius 1 is 1.15 bits per heavy atom. The number of aliphatic carboxylic acids is 1. The second-order valence-electron chi connectivity index (χ2n) is 4.26. The number of hydrogen-bond donors (Lipinski definition) is 0. The maximum absolute atomic E-state index is 12.4. The Balaban J connectivity index is 2.36. The number of pyridine rings is 1. The number of para-hydroxylation sites is 1. The topological polar surface area (TPSA) is 80.0 Å². The van der Waals surface area contributed by atoms with Crippen molar-refractivity contribution >= 4 is 17.1 Å². The van der Waals surface area contributed by atoms with E-state index in [9.17, 15) is 14.7 Å². The van der Waals surface area contributed by atoms with Crippen molar-refractivity contribution in [2.75, 3.05) is 0 Å². The van der Waals surface area contributed by atoms with Gasteiger partial charge in [0.2, 0.25) is 0 Å². The first kappa shape index (κ1) is 12.2. The van der Waals surface area contributed by atoms with Gasteiger partial charge in [-0.1, -0.05) is 18.2 Å². The van der Waals surface area contributed by atoms with Crippen molar-refractivity contribution in [3.63, 3.8) is 0 Å². The summed E-state index contributed by atoms with van der Waals surface area (Å²) in [6.07, 6.45) is 1.56. The molecular weight excluding hydrogens is 258 g/mol. The van der Waals surface area contributed by atoms with Gasteiger partial charge in [-0.25, -0.2) is 14.3 Å². The molecule has 0 unspecified atom stereocenters. The third kappa shape index (κ3) is 1.87. The molecule has 0 aliphatic carbocycles. The van der Waals surface area contributed by atoms with E-state index in [0.717, 1.165) is 4.57 Å². The van der Waals surface area contributed by atoms with Crippen LogP contribution in [0.15, 0.2) is 53.5 Å². The molecule has 0 aliphatic rings. The highest BCUT2D eigenvalue weighted by Crippen LogP contribution is 2.14. The molecular formula is C14H10N3O3-. The summed E-state index contributed by atoms with van der Waals surface area (Å²) in [4.78, 5) is 27.4. The molecule has 0 bridgehead atoms. The van der Waals surface area contributed by atoms with Gasteiger partial charge in [-0.2, -0.15) is 0 Å². The summed E-state index contributed by atoms with van der Waals surface area (Å²) in [6.45, 7) is -0.499. The van der Waals surface area contributed by atoms with Crippen LogP contribution in [0.4, 0.5) is 0 Å². The smallest absolute Gasteiger partial charge is 0.335 e. The summed E-state index contributed by atoms with van der Waals surface area (Å²) in [5, 5.41) is 10.8. The Kier molecular flexibility index (Phi) is 2.83. The zero-order chi connectivity index (χ0) is 14.1. The van der Waals surface area contributed by atoms with E-state index >= 15 is 0 Å². The molecule has 0 aliphatic heterocycles. The highest BCUT2D eigenvalue weighted by Gasteiger charge is 2.14. The molecule has 0 radical (unpaired) electrons. The highest BCUT2D eigenvalue weighted by atomic mass is 16.4. The Labute approximate surface area is 113 Å². The number of imidazole rings is 1. The lowest BCUT2D eigenvalue weighted by molar-refractivity contribution is -0.306. The fourth-order valence-electron chi connectivity index (χ4n) is 2.18. The maximum Gasteiger partial charge on any atom is 0.335 e. The third-order valence-electron chi connectivity index (χ3n) is 2.99. The van der Waals surface area contributed by atoms with Crippen molar-refractivity contribution in [3.05, 3.63) is 59.1 Å². The van der Waals surface area contributed by atoms with Gasteiger partial charge in [-0.15, -0.1) is 0 Å². The Morgan fingerprint density at radius 3 is 2.60 bits per heavy atom. The number of carboxylic acid groups (broad SMARTS) is 1. The number of rotatable bonds is 3. The fraction of sp³-hybridized carbons (Fsp3) is 0.0714. The third-order valence-corrected chi connectivity index (χ3v) is 2.99. The number of nitrogens with zero attached hydrogens (tertiary/aromatic N) is 3. The van der Waals surface area contributed by atoms with Gasteiger partial charge >= 0.3 is 5.69 Å². The van der Waals surface area contributed by atoms with Crippen molar-refractivity contribution in [2.24, 2.45) is 0 Å². The summed E-state index contributed by atoms with van der Waals surface area (Å²) in [5.74, 6) is -1.32. The molecule has 2 heterocycles. The predicted molar refractivity (Wildman–Crippen MR) is 70.3 cm³/mol. The second-order valence-corrected chi connectivity index (χ2v) is 4.26. The first-order valence-electron chi connectivity index (χ1n) is 6.00. The lowest BCUT2D eigenvalue weighted by Gasteiger charge is -2.03. The van der Waals surface area contributed by atoms with Gasteiger partial charge in [0.15, 0.2) is 5.65 Å². The van der Waals surface area contributed by atoms with E-state index in [1.54, 1.807) is 42.6 Å². The molecule has 6 nitrogen and oxygen atoms in total. The molecule has 1 aromatic carbocycles. The molecule has 3 aromatic rings. The molecule has 0 amide bonds. The molecule has 0 atom stereocenters. The maximum atomic E-state index is 12.4. The molecule has 3 rings (SSSR count). The quantitative estimate of drug-likeness (QED) is 0.666. The summed E-state index contributed by atoms with van der Waals surface area (Å²) in [6, 6.07) is 12.3. The van der Waals surface area contributed by atoms with Crippen molar-refractivity contribution in [2.45, 2.75) is 6.54 Å². The normalized spacial score (nSPS) is 10.8. The number of carbonyl (C=O) groups excluding carboxylic acids is 1. The van der Waals surface area contributed by atoms with E-state index in [1.165, 1.54) is 4.57 Å². The standard InChI is InChI=1S/C14H11N3O3/c18-12(19)9-16-11-7-4-8-15-13(11)17(14(16)20)10-5-2-1-3-6-10/h1-8H,9H2,(H,18,19)/p-1. The zero-order valence-electron chi connectivity index (χ0n) is 10.4. The van der Waals surface area contributed by atoms with Crippen molar-refractivity contribution in [1.82, 2.24) is 14.1 Å². The van der Waals surface area contributed by atoms with Crippen LogP contribution in [0.5, 0.6) is 0 Å². The highest BCUT2D eigenvalue weighted by molar-refractivity contribution is 5.76. The van der Waals surface area contributed by atoms with E-state index in [0.29, 0.717) is 16.9 Å². The molecule has 0 fully saturated rings. The van der Waals surface area contributed by atoms with E-state index in [1.807, 2.05) is 6.07 Å². The first-order chi connectivity index (χ1) is 9.68. The predicted octanol–water partition coefficient (Wildman–Crippen LogP) is -0.0629. The zero-order valence-corrected chi connectivity index (χ0v) is 10.4. The van der Waals surface area contributed by atoms with Gasteiger partial charge < -0.3 is 9.90 Å². The van der Waals surface area contributed by atoms with Crippen LogP contribution >= 0.6 is 0 Å². The minimum atomic E-state index is -1.32. The monoisotopic (exact) mass is 268 g/mol. The molecule has 20 heavy (non-hydrogen) atoms. The van der Waals surface area contributed by atoms with Crippen LogP contribution in [0.2, 0.25) is 0 Å². The lowest BCUT2D eigenvalue weighted by atomic mass is 10.3. The van der Waals surface area contributed by atoms with Gasteiger partial charge in [0, 0.05) is 6.20 Å². The van der Waals surface area contributed by atoms with E-state index in [4.69, 9.17) is 0 Å². The van der Waals surface area contributed by atoms with E-state index in [-0.39, 0.29) is 0 Å². The van der Waals surface area contributed by atoms with E-state index < -0.39 is 18.2 Å². The van der Waals surface area contributed by atoms with Crippen LogP contribution in [0.3, 0.4) is 0 Å². The minimum Gasteiger partial charge on any atom is -0.548 e. The molecule has 0 N–H and O–H groups in total. The Bertz CT molecular complexity index is 834. The average Bonchev–Trinajstić information content (AvgIpc) is 2.72. The number of benzene rings is 1. The van der Waals surface area contributed by atoms with Gasteiger partial charge in [-0.3, -0.25) is 4.57 Å². The van der Waals surface area contributed by atoms with Crippen molar-refractivity contribution < 1.29 is 9.90 Å². The molecule has 0 saturated carbocycles. The van der Waals surface area contributed by atoms with Crippen LogP contribution in [0, 0.1) is 0 Å². The number of hydrogen-bond acceptors (Lipinski definition) is 4. The van der Waals surface area contributed by atoms with Crippen LogP contribution in [0.25, 0.3) is 16.9 Å². The summed E-state index contributed by atoms with van der Waals surface area (Å²) in [5.41, 5.74) is 1.07. The van der Waals surface area contributed by atoms with Gasteiger partial charge in [0.1, 0.15) is 0 Å². The summed E-state index contributed by atoms with van der Waals surface area (Å²) >= 11 is 0. The van der Waals surface area contributed by atoms with Crippen LogP contribution in [-0.4, -0.2) is 20.1 Å². The van der Waals surface area contributed by atoms with Gasteiger partial charge in [-0.05, 0) is 24.3 Å². The van der Waals surface area contributed by atoms with Crippen molar-refractivity contribution in [3.8, 4) is 5.69 Å². The lowest BCUT2D eigenvalue weighted by Crippen LogP contribution is -2.33. The fourth-order valence-corrected chi connectivity index (χ4v) is 2.18. The SMILES string of the molecule is O=C([O-])Cn1c(=O)n(-c2ccccc2)c2ncccc21. The van der Waals surface area contributed by atoms with Gasteiger partial charge in [0.05, 0.1) is 23.7 Å². The molecule has 100 valence electrons. The number of fused-ring (bicyclic) bond motifs is 1. The molecule has 6 heteroatoms. The first-order valence-corrected chi connectivity index (χ1v) is 6.00. The summed E-state index contributed by atoms with van der Waals surface area (Å²) < 4.78 is 2.53. The van der Waals surface area contributed by atoms with Crippen LogP contribution in [-0.2, 0) is 11.3 Å². The second kappa shape index (κ2) is 4.65. The Morgan fingerprint density at radius 2 is 1.90 bits per heavy atom. The molecule has 2 aromatic heterocycles. The van der Waals surface area contributed by atoms with Crippen LogP contribution < -0.4 is 10.8 Å². The number of carboxylic acids is 1. The van der Waals surface area contributed by atoms with Crippen LogP contribution in [0.1, 0.15) is 0 Å². The van der Waals surface area contributed by atoms with E-state index in [2.05, 4.69) is 4.98 Å². The Hall–Kier alpha value is -2.89. The average molecular weight is 268 g/mol. The number of aromatic nitrogens is 3. The molecule has 0 saturated heterocycles. The van der Waals surface area contributed by atoms with Crippen molar-refractivity contribution in [1.29, 1.82) is 0 Å².